The van der Waals surface area contributed by atoms with Gasteiger partial charge in [-0.3, -0.25) is 0 Å². The van der Waals surface area contributed by atoms with Crippen molar-refractivity contribution in [1.29, 1.82) is 5.26 Å². The molecule has 2 rings (SSSR count). The van der Waals surface area contributed by atoms with Crippen molar-refractivity contribution in [2.24, 2.45) is 0 Å². The maximum Gasteiger partial charge on any atom is 0.179 e. The Balaban J connectivity index is 2.30. The van der Waals surface area contributed by atoms with Gasteiger partial charge in [-0.05, 0) is 38.4 Å². The fourth-order valence-corrected chi connectivity index (χ4v) is 2.23. The number of nitriles is 1. The van der Waals surface area contributed by atoms with Crippen molar-refractivity contribution in [3.05, 3.63) is 23.8 Å². The number of nitrogens with one attached hydrogen (secondary N) is 1. The highest BCUT2D eigenvalue weighted by Crippen LogP contribution is 2.35. The van der Waals surface area contributed by atoms with Crippen LogP contribution in [0.3, 0.4) is 0 Å². The highest BCUT2D eigenvalue weighted by molar-refractivity contribution is 5.52. The molecule has 1 aromatic carbocycles. The van der Waals surface area contributed by atoms with Crippen molar-refractivity contribution in [1.82, 2.24) is 5.32 Å². The van der Waals surface area contributed by atoms with Crippen molar-refractivity contribution >= 4 is 0 Å². The van der Waals surface area contributed by atoms with E-state index in [-0.39, 0.29) is 5.60 Å². The Morgan fingerprint density at radius 1 is 1.44 bits per heavy atom. The number of piperidine rings is 1. The lowest BCUT2D eigenvalue weighted by atomic mass is 9.96. The summed E-state index contributed by atoms with van der Waals surface area (Å²) in [5, 5.41) is 12.5. The summed E-state index contributed by atoms with van der Waals surface area (Å²) in [5.74, 6) is 1.16. The summed E-state index contributed by atoms with van der Waals surface area (Å²) in [5.41, 5.74) is 0.236. The Labute approximate surface area is 108 Å². The molecule has 0 aliphatic carbocycles. The van der Waals surface area contributed by atoms with Crippen LogP contribution in [0.2, 0.25) is 0 Å². The summed E-state index contributed by atoms with van der Waals surface area (Å²) in [6, 6.07) is 7.51. The zero-order chi connectivity index (χ0) is 13.0. The summed E-state index contributed by atoms with van der Waals surface area (Å²) in [6.07, 6.45) is 2.05. The number of methoxy groups -OCH3 is 1. The summed E-state index contributed by atoms with van der Waals surface area (Å²) in [6.45, 7) is 3.87. The third kappa shape index (κ3) is 2.57. The zero-order valence-electron chi connectivity index (χ0n) is 10.8. The topological polar surface area (TPSA) is 54.3 Å². The highest BCUT2D eigenvalue weighted by Gasteiger charge is 2.30. The minimum atomic E-state index is -0.279. The molecule has 1 heterocycles. The summed E-state index contributed by atoms with van der Waals surface area (Å²) < 4.78 is 11.4. The zero-order valence-corrected chi connectivity index (χ0v) is 10.8. The predicted molar refractivity (Wildman–Crippen MR) is 68.8 cm³/mol. The largest absolute Gasteiger partial charge is 0.493 e. The van der Waals surface area contributed by atoms with Gasteiger partial charge in [0, 0.05) is 6.54 Å². The minimum Gasteiger partial charge on any atom is -0.493 e. The predicted octanol–water partition coefficient (Wildman–Crippen LogP) is 2.09. The SMILES string of the molecule is COc1cccc(C#N)c1OC1(C)CCCNC1. The van der Waals surface area contributed by atoms with Gasteiger partial charge in [-0.1, -0.05) is 6.07 Å². The molecule has 0 spiro atoms. The molecule has 96 valence electrons. The van der Waals surface area contributed by atoms with E-state index in [0.29, 0.717) is 17.1 Å². The van der Waals surface area contributed by atoms with Gasteiger partial charge in [-0.15, -0.1) is 0 Å². The first-order valence-corrected chi connectivity index (χ1v) is 6.15. The molecule has 0 radical (unpaired) electrons. The molecule has 0 amide bonds. The van der Waals surface area contributed by atoms with E-state index in [1.54, 1.807) is 19.2 Å². The van der Waals surface area contributed by atoms with Crippen LogP contribution in [-0.2, 0) is 0 Å². The van der Waals surface area contributed by atoms with E-state index in [0.717, 1.165) is 25.9 Å². The van der Waals surface area contributed by atoms with Gasteiger partial charge in [0.15, 0.2) is 11.5 Å². The monoisotopic (exact) mass is 246 g/mol. The smallest absolute Gasteiger partial charge is 0.179 e. The molecule has 1 aromatic rings. The summed E-state index contributed by atoms with van der Waals surface area (Å²) in [4.78, 5) is 0. The second kappa shape index (κ2) is 5.28. The summed E-state index contributed by atoms with van der Waals surface area (Å²) >= 11 is 0. The highest BCUT2D eigenvalue weighted by atomic mass is 16.5. The van der Waals surface area contributed by atoms with Gasteiger partial charge in [0.05, 0.1) is 12.7 Å². The number of nitrogens with zero attached hydrogens (tertiary/aromatic N) is 1. The lowest BCUT2D eigenvalue weighted by molar-refractivity contribution is 0.0581. The van der Waals surface area contributed by atoms with Crippen molar-refractivity contribution in [2.45, 2.75) is 25.4 Å². The molecule has 4 heteroatoms. The van der Waals surface area contributed by atoms with E-state index in [1.807, 2.05) is 6.07 Å². The Morgan fingerprint density at radius 2 is 2.28 bits per heavy atom. The summed E-state index contributed by atoms with van der Waals surface area (Å²) in [7, 11) is 1.59. The molecular weight excluding hydrogens is 228 g/mol. The van der Waals surface area contributed by atoms with Crippen molar-refractivity contribution in [3.63, 3.8) is 0 Å². The van der Waals surface area contributed by atoms with E-state index < -0.39 is 0 Å². The van der Waals surface area contributed by atoms with Crippen molar-refractivity contribution < 1.29 is 9.47 Å². The molecule has 4 nitrogen and oxygen atoms in total. The van der Waals surface area contributed by atoms with E-state index in [1.165, 1.54) is 0 Å². The third-order valence-corrected chi connectivity index (χ3v) is 3.23. The van der Waals surface area contributed by atoms with Crippen LogP contribution in [0.4, 0.5) is 0 Å². The Morgan fingerprint density at radius 3 is 2.89 bits per heavy atom. The van der Waals surface area contributed by atoms with Gasteiger partial charge in [-0.2, -0.15) is 5.26 Å². The molecule has 1 unspecified atom stereocenters. The fourth-order valence-electron chi connectivity index (χ4n) is 2.23. The maximum atomic E-state index is 9.15. The first-order chi connectivity index (χ1) is 8.68. The van der Waals surface area contributed by atoms with Crippen LogP contribution in [0.1, 0.15) is 25.3 Å². The average Bonchev–Trinajstić information content (AvgIpc) is 2.39. The lowest BCUT2D eigenvalue weighted by Gasteiger charge is -2.35. The number of ether oxygens (including phenoxy) is 2. The second-order valence-corrected chi connectivity index (χ2v) is 4.78. The van der Waals surface area contributed by atoms with Crippen LogP contribution >= 0.6 is 0 Å². The normalized spacial score (nSPS) is 23.2. The van der Waals surface area contributed by atoms with Crippen LogP contribution in [0.15, 0.2) is 18.2 Å². The van der Waals surface area contributed by atoms with Gasteiger partial charge < -0.3 is 14.8 Å². The van der Waals surface area contributed by atoms with Crippen LogP contribution in [0.5, 0.6) is 11.5 Å². The van der Waals surface area contributed by atoms with Crippen LogP contribution < -0.4 is 14.8 Å². The van der Waals surface area contributed by atoms with Crippen LogP contribution in [0, 0.1) is 11.3 Å². The van der Waals surface area contributed by atoms with Crippen LogP contribution in [-0.4, -0.2) is 25.8 Å². The van der Waals surface area contributed by atoms with Crippen molar-refractivity contribution in [2.75, 3.05) is 20.2 Å². The molecule has 1 saturated heterocycles. The Hall–Kier alpha value is -1.73. The molecule has 1 N–H and O–H groups in total. The maximum absolute atomic E-state index is 9.15. The number of para-hydroxylation sites is 1. The molecule has 1 aliphatic rings. The average molecular weight is 246 g/mol. The number of benzene rings is 1. The first-order valence-electron chi connectivity index (χ1n) is 6.15. The van der Waals surface area contributed by atoms with Gasteiger partial charge in [-0.25, -0.2) is 0 Å². The second-order valence-electron chi connectivity index (χ2n) is 4.78. The molecule has 1 fully saturated rings. The number of hydrogen-bond acceptors (Lipinski definition) is 4. The van der Waals surface area contributed by atoms with Gasteiger partial charge >= 0.3 is 0 Å². The standard InChI is InChI=1S/C14H18N2O2/c1-14(7-4-8-16-10-14)18-13-11(9-15)5-3-6-12(13)17-2/h3,5-6,16H,4,7-8,10H2,1-2H3. The fraction of sp³-hybridized carbons (Fsp3) is 0.500. The van der Waals surface area contributed by atoms with Gasteiger partial charge in [0.1, 0.15) is 11.7 Å². The molecule has 1 atom stereocenters. The number of rotatable bonds is 3. The molecule has 0 bridgehead atoms. The van der Waals surface area contributed by atoms with Gasteiger partial charge in [0.2, 0.25) is 0 Å². The molecule has 18 heavy (non-hydrogen) atoms. The minimum absolute atomic E-state index is 0.279. The number of hydrogen-bond donors (Lipinski definition) is 1. The molecular formula is C14H18N2O2. The van der Waals surface area contributed by atoms with Gasteiger partial charge in [0.25, 0.3) is 0 Å². The Bertz CT molecular complexity index is 459. The third-order valence-electron chi connectivity index (χ3n) is 3.23. The molecule has 0 aromatic heterocycles. The molecule has 1 aliphatic heterocycles. The van der Waals surface area contributed by atoms with Crippen LogP contribution in [0.25, 0.3) is 0 Å². The molecule has 0 saturated carbocycles. The first kappa shape index (κ1) is 12.7. The van der Waals surface area contributed by atoms with E-state index in [4.69, 9.17) is 14.7 Å². The van der Waals surface area contributed by atoms with E-state index in [2.05, 4.69) is 18.3 Å². The Kier molecular flexibility index (Phi) is 3.73. The quantitative estimate of drug-likeness (QED) is 0.887. The van der Waals surface area contributed by atoms with E-state index in [9.17, 15) is 0 Å². The van der Waals surface area contributed by atoms with Crippen molar-refractivity contribution in [3.8, 4) is 17.6 Å². The lowest BCUT2D eigenvalue weighted by Crippen LogP contribution is -2.47. The van der Waals surface area contributed by atoms with E-state index >= 15 is 0 Å².